The first-order valence-corrected chi connectivity index (χ1v) is 7.35. The van der Waals surface area contributed by atoms with Crippen molar-refractivity contribution in [1.82, 2.24) is 0 Å². The van der Waals surface area contributed by atoms with Crippen molar-refractivity contribution in [1.29, 1.82) is 0 Å². The monoisotopic (exact) mass is 244 g/mol. The van der Waals surface area contributed by atoms with E-state index in [0.29, 0.717) is 0 Å². The van der Waals surface area contributed by atoms with Crippen LogP contribution >= 0.6 is 36.2 Å². The Morgan fingerprint density at radius 1 is 1.29 bits per heavy atom. The predicted octanol–water partition coefficient (Wildman–Crippen LogP) is 4.13. The maximum atomic E-state index is 4.21. The molecule has 0 aliphatic heterocycles. The largest absolute Gasteiger partial charge is 0.178 e. The van der Waals surface area contributed by atoms with Crippen LogP contribution in [0, 0.1) is 6.92 Å². The van der Waals surface area contributed by atoms with Crippen molar-refractivity contribution in [3.05, 3.63) is 23.8 Å². The summed E-state index contributed by atoms with van der Waals surface area (Å²) < 4.78 is 0. The van der Waals surface area contributed by atoms with Crippen molar-refractivity contribution >= 4 is 36.2 Å². The van der Waals surface area contributed by atoms with Crippen LogP contribution in [-0.2, 0) is 0 Å². The smallest absolute Gasteiger partial charge is 0.0112 e. The van der Waals surface area contributed by atoms with Gasteiger partial charge in [-0.05, 0) is 36.1 Å². The van der Waals surface area contributed by atoms with E-state index < -0.39 is 0 Å². The highest BCUT2D eigenvalue weighted by atomic mass is 32.2. The van der Waals surface area contributed by atoms with Gasteiger partial charge in [-0.3, -0.25) is 0 Å². The average Bonchev–Trinajstić information content (AvgIpc) is 2.19. The highest BCUT2D eigenvalue weighted by molar-refractivity contribution is 8.00. The van der Waals surface area contributed by atoms with Crippen molar-refractivity contribution in [3.8, 4) is 0 Å². The summed E-state index contributed by atoms with van der Waals surface area (Å²) in [5, 5.41) is 0. The van der Waals surface area contributed by atoms with Gasteiger partial charge in [0.05, 0.1) is 0 Å². The second-order valence-electron chi connectivity index (χ2n) is 2.93. The topological polar surface area (TPSA) is 0 Å². The second kappa shape index (κ2) is 6.70. The molecule has 1 aromatic rings. The van der Waals surface area contributed by atoms with E-state index >= 15 is 0 Å². The molecule has 78 valence electrons. The van der Waals surface area contributed by atoms with E-state index in [0.717, 1.165) is 17.3 Å². The van der Waals surface area contributed by atoms with Crippen molar-refractivity contribution in [2.75, 3.05) is 17.3 Å². The Kier molecular flexibility index (Phi) is 5.90. The van der Waals surface area contributed by atoms with Gasteiger partial charge >= 0.3 is 0 Å². The third-order valence-corrected chi connectivity index (χ3v) is 4.38. The lowest BCUT2D eigenvalue weighted by atomic mass is 10.2. The zero-order valence-electron chi connectivity index (χ0n) is 8.62. The number of hydrogen-bond donors (Lipinski definition) is 1. The van der Waals surface area contributed by atoms with Crippen LogP contribution in [0.2, 0.25) is 0 Å². The lowest BCUT2D eigenvalue weighted by molar-refractivity contribution is 1.23. The van der Waals surface area contributed by atoms with E-state index in [-0.39, 0.29) is 0 Å². The van der Waals surface area contributed by atoms with E-state index in [2.05, 4.69) is 44.7 Å². The molecule has 0 radical (unpaired) electrons. The van der Waals surface area contributed by atoms with Gasteiger partial charge in [0.25, 0.3) is 0 Å². The van der Waals surface area contributed by atoms with Gasteiger partial charge in [0.2, 0.25) is 0 Å². The predicted molar refractivity (Wildman–Crippen MR) is 72.2 cm³/mol. The summed E-state index contributed by atoms with van der Waals surface area (Å²) in [6, 6.07) is 6.69. The molecular weight excluding hydrogens is 228 g/mol. The summed E-state index contributed by atoms with van der Waals surface area (Å²) in [6.45, 7) is 4.36. The Morgan fingerprint density at radius 2 is 2.07 bits per heavy atom. The van der Waals surface area contributed by atoms with Gasteiger partial charge in [-0.1, -0.05) is 13.0 Å². The van der Waals surface area contributed by atoms with E-state index in [4.69, 9.17) is 0 Å². The Morgan fingerprint density at radius 3 is 2.71 bits per heavy atom. The van der Waals surface area contributed by atoms with E-state index in [1.165, 1.54) is 15.4 Å². The molecule has 0 N–H and O–H groups in total. The fraction of sp³-hybridized carbons (Fsp3) is 0.455. The molecule has 0 atom stereocenters. The van der Waals surface area contributed by atoms with E-state index in [1.54, 1.807) is 0 Å². The number of thioether (sulfide) groups is 2. The standard InChI is InChI=1S/C11H16S3/c1-3-13-11-8-10(14-7-6-12)5-4-9(11)2/h4-5,8,12H,3,6-7H2,1-2H3. The van der Waals surface area contributed by atoms with Crippen LogP contribution in [0.15, 0.2) is 28.0 Å². The Hall–Kier alpha value is 0.270. The van der Waals surface area contributed by atoms with Crippen LogP contribution in [0.5, 0.6) is 0 Å². The van der Waals surface area contributed by atoms with Crippen LogP contribution in [-0.4, -0.2) is 17.3 Å². The lowest BCUT2D eigenvalue weighted by Gasteiger charge is -2.06. The van der Waals surface area contributed by atoms with Gasteiger partial charge < -0.3 is 0 Å². The minimum atomic E-state index is 0.939. The third kappa shape index (κ3) is 3.79. The third-order valence-electron chi connectivity index (χ3n) is 1.82. The minimum Gasteiger partial charge on any atom is -0.178 e. The average molecular weight is 244 g/mol. The molecule has 14 heavy (non-hydrogen) atoms. The molecule has 0 saturated heterocycles. The molecule has 0 heterocycles. The maximum Gasteiger partial charge on any atom is 0.0112 e. The SMILES string of the molecule is CCSc1cc(SCCS)ccc1C. The van der Waals surface area contributed by atoms with Crippen molar-refractivity contribution < 1.29 is 0 Å². The number of thiol groups is 1. The molecule has 1 rings (SSSR count). The fourth-order valence-corrected chi connectivity index (χ4v) is 3.00. The zero-order valence-corrected chi connectivity index (χ0v) is 11.1. The van der Waals surface area contributed by atoms with E-state index in [1.807, 2.05) is 23.5 Å². The zero-order chi connectivity index (χ0) is 10.4. The first-order chi connectivity index (χ1) is 6.77. The van der Waals surface area contributed by atoms with Gasteiger partial charge in [0.15, 0.2) is 0 Å². The summed E-state index contributed by atoms with van der Waals surface area (Å²) in [5.74, 6) is 3.17. The normalized spacial score (nSPS) is 10.5. The molecule has 3 heteroatoms. The maximum absolute atomic E-state index is 4.21. The highest BCUT2D eigenvalue weighted by Gasteiger charge is 2.00. The number of hydrogen-bond acceptors (Lipinski definition) is 3. The summed E-state index contributed by atoms with van der Waals surface area (Å²) in [6.07, 6.45) is 0. The molecule has 0 aromatic heterocycles. The van der Waals surface area contributed by atoms with Crippen molar-refractivity contribution in [2.24, 2.45) is 0 Å². The fourth-order valence-electron chi connectivity index (χ4n) is 1.14. The molecule has 0 saturated carbocycles. The van der Waals surface area contributed by atoms with Gasteiger partial charge in [0, 0.05) is 15.5 Å². The molecule has 0 nitrogen and oxygen atoms in total. The first-order valence-electron chi connectivity index (χ1n) is 4.75. The molecule has 0 bridgehead atoms. The molecule has 1 aromatic carbocycles. The van der Waals surface area contributed by atoms with Crippen LogP contribution in [0.4, 0.5) is 0 Å². The summed E-state index contributed by atoms with van der Waals surface area (Å²) in [7, 11) is 0. The van der Waals surface area contributed by atoms with Crippen LogP contribution in [0.25, 0.3) is 0 Å². The molecule has 0 aliphatic carbocycles. The molecule has 0 amide bonds. The van der Waals surface area contributed by atoms with Crippen LogP contribution in [0.1, 0.15) is 12.5 Å². The first kappa shape index (κ1) is 12.3. The summed E-state index contributed by atoms with van der Waals surface area (Å²) in [5.41, 5.74) is 1.38. The molecular formula is C11H16S3. The molecule has 0 aliphatic rings. The Labute approximate surface area is 101 Å². The number of benzene rings is 1. The minimum absolute atomic E-state index is 0.939. The van der Waals surface area contributed by atoms with Crippen LogP contribution in [0.3, 0.4) is 0 Å². The van der Waals surface area contributed by atoms with Gasteiger partial charge in [0.1, 0.15) is 0 Å². The second-order valence-corrected chi connectivity index (χ2v) is 5.85. The lowest BCUT2D eigenvalue weighted by Crippen LogP contribution is -1.84. The molecule has 0 spiro atoms. The van der Waals surface area contributed by atoms with Gasteiger partial charge in [-0.2, -0.15) is 12.6 Å². The highest BCUT2D eigenvalue weighted by Crippen LogP contribution is 2.28. The van der Waals surface area contributed by atoms with Crippen molar-refractivity contribution in [3.63, 3.8) is 0 Å². The Bertz CT molecular complexity index is 284. The van der Waals surface area contributed by atoms with Gasteiger partial charge in [-0.25, -0.2) is 0 Å². The van der Waals surface area contributed by atoms with E-state index in [9.17, 15) is 0 Å². The number of aryl methyl sites for hydroxylation is 1. The summed E-state index contributed by atoms with van der Waals surface area (Å²) in [4.78, 5) is 2.78. The molecule has 0 unspecified atom stereocenters. The van der Waals surface area contributed by atoms with Crippen LogP contribution < -0.4 is 0 Å². The van der Waals surface area contributed by atoms with Crippen molar-refractivity contribution in [2.45, 2.75) is 23.6 Å². The van der Waals surface area contributed by atoms with Gasteiger partial charge in [-0.15, -0.1) is 23.5 Å². The Balaban J connectivity index is 2.72. The molecule has 0 fully saturated rings. The quantitative estimate of drug-likeness (QED) is 0.611. The summed E-state index contributed by atoms with van der Waals surface area (Å²) >= 11 is 8.01. The number of rotatable bonds is 5.